The van der Waals surface area contributed by atoms with Crippen molar-refractivity contribution in [2.75, 3.05) is 0 Å². The summed E-state index contributed by atoms with van der Waals surface area (Å²) < 4.78 is 6.29. The van der Waals surface area contributed by atoms with Gasteiger partial charge < -0.3 is 4.74 Å². The van der Waals surface area contributed by atoms with Crippen LogP contribution in [0.4, 0.5) is 0 Å². The van der Waals surface area contributed by atoms with E-state index in [0.717, 1.165) is 10.0 Å². The number of aryl methyl sites for hydroxylation is 1. The Labute approximate surface area is 169 Å². The summed E-state index contributed by atoms with van der Waals surface area (Å²) in [5.74, 6) is -0.662. The van der Waals surface area contributed by atoms with E-state index in [2.05, 4.69) is 36.4 Å². The van der Waals surface area contributed by atoms with Crippen LogP contribution in [-0.4, -0.2) is 28.1 Å². The van der Waals surface area contributed by atoms with E-state index in [-0.39, 0.29) is 5.69 Å². The van der Waals surface area contributed by atoms with Gasteiger partial charge in [-0.15, -0.1) is 0 Å². The van der Waals surface area contributed by atoms with E-state index in [4.69, 9.17) is 4.74 Å². The number of nitrogens with zero attached hydrogens (tertiary/aromatic N) is 3. The van der Waals surface area contributed by atoms with E-state index in [1.54, 1.807) is 30.3 Å². The molecule has 0 saturated heterocycles. The molecule has 0 saturated carbocycles. The van der Waals surface area contributed by atoms with E-state index in [0.29, 0.717) is 16.9 Å². The van der Waals surface area contributed by atoms with Crippen molar-refractivity contribution in [3.05, 3.63) is 87.9 Å². The van der Waals surface area contributed by atoms with E-state index in [1.807, 2.05) is 19.1 Å². The Morgan fingerprint density at radius 2 is 2.00 bits per heavy atom. The second-order valence-electron chi connectivity index (χ2n) is 5.68. The lowest BCUT2D eigenvalue weighted by Gasteiger charge is -2.09. The van der Waals surface area contributed by atoms with Crippen molar-refractivity contribution < 1.29 is 14.3 Å². The van der Waals surface area contributed by atoms with Gasteiger partial charge in [-0.05, 0) is 36.8 Å². The van der Waals surface area contributed by atoms with Gasteiger partial charge in [0.2, 0.25) is 0 Å². The maximum absolute atomic E-state index is 12.5. The molecule has 3 aromatic rings. The summed E-state index contributed by atoms with van der Waals surface area (Å²) in [6, 6.07) is 12.3. The molecule has 2 aromatic carbocycles. The summed E-state index contributed by atoms with van der Waals surface area (Å²) in [5, 5.41) is 3.91. The highest BCUT2D eigenvalue weighted by Gasteiger charge is 2.13. The van der Waals surface area contributed by atoms with Crippen LogP contribution in [0.1, 0.15) is 32.0 Å². The van der Waals surface area contributed by atoms with Crippen molar-refractivity contribution in [2.45, 2.75) is 6.92 Å². The van der Waals surface area contributed by atoms with Crippen molar-refractivity contribution in [3.63, 3.8) is 0 Å². The molecular formula is C20H15BrN4O3. The molecule has 1 amide bonds. The zero-order valence-electron chi connectivity index (χ0n) is 14.8. The molecule has 0 aliphatic rings. The molecule has 0 fully saturated rings. The van der Waals surface area contributed by atoms with Gasteiger partial charge in [0.05, 0.1) is 18.0 Å². The Morgan fingerprint density at radius 3 is 2.75 bits per heavy atom. The molecule has 1 N–H and O–H groups in total. The van der Waals surface area contributed by atoms with Crippen molar-refractivity contribution in [3.8, 4) is 5.75 Å². The van der Waals surface area contributed by atoms with Gasteiger partial charge in [-0.3, -0.25) is 9.78 Å². The predicted octanol–water partition coefficient (Wildman–Crippen LogP) is 3.53. The zero-order chi connectivity index (χ0) is 19.9. The van der Waals surface area contributed by atoms with Crippen LogP contribution in [0.2, 0.25) is 0 Å². The van der Waals surface area contributed by atoms with Crippen LogP contribution >= 0.6 is 15.9 Å². The molecule has 3 rings (SSSR count). The summed E-state index contributed by atoms with van der Waals surface area (Å²) in [6.45, 7) is 1.84. The molecule has 0 spiro atoms. The fourth-order valence-corrected chi connectivity index (χ4v) is 2.68. The first kappa shape index (κ1) is 19.4. The number of rotatable bonds is 5. The second-order valence-corrected chi connectivity index (χ2v) is 6.59. The van der Waals surface area contributed by atoms with E-state index < -0.39 is 11.9 Å². The van der Waals surface area contributed by atoms with Gasteiger partial charge in [0.15, 0.2) is 0 Å². The monoisotopic (exact) mass is 438 g/mol. The highest BCUT2D eigenvalue weighted by molar-refractivity contribution is 9.10. The van der Waals surface area contributed by atoms with Gasteiger partial charge in [-0.2, -0.15) is 5.10 Å². The van der Waals surface area contributed by atoms with Gasteiger partial charge in [-0.1, -0.05) is 34.1 Å². The molecule has 0 atom stereocenters. The van der Waals surface area contributed by atoms with Crippen LogP contribution in [0.15, 0.2) is 70.6 Å². The molecule has 0 unspecified atom stereocenters. The Kier molecular flexibility index (Phi) is 6.23. The largest absolute Gasteiger partial charge is 0.422 e. The number of hydrogen-bond donors (Lipinski definition) is 1. The van der Waals surface area contributed by atoms with Crippen molar-refractivity contribution >= 4 is 34.0 Å². The highest BCUT2D eigenvalue weighted by Crippen LogP contribution is 2.23. The minimum atomic E-state index is -0.502. The fraction of sp³-hybridized carbons (Fsp3) is 0.0500. The number of amides is 1. The van der Waals surface area contributed by atoms with E-state index in [9.17, 15) is 9.59 Å². The molecule has 0 bridgehead atoms. The first-order valence-corrected chi connectivity index (χ1v) is 9.00. The van der Waals surface area contributed by atoms with Crippen molar-refractivity contribution in [2.24, 2.45) is 5.10 Å². The first-order chi connectivity index (χ1) is 13.5. The summed E-state index contributed by atoms with van der Waals surface area (Å²) in [4.78, 5) is 32.2. The first-order valence-electron chi connectivity index (χ1n) is 8.21. The van der Waals surface area contributed by atoms with Crippen molar-refractivity contribution in [1.82, 2.24) is 15.4 Å². The van der Waals surface area contributed by atoms with Crippen LogP contribution in [0, 0.1) is 6.92 Å². The van der Waals surface area contributed by atoms with Crippen LogP contribution in [-0.2, 0) is 0 Å². The van der Waals surface area contributed by atoms with Gasteiger partial charge >= 0.3 is 5.97 Å². The smallest absolute Gasteiger partial charge is 0.343 e. The second kappa shape index (κ2) is 9.01. The summed E-state index contributed by atoms with van der Waals surface area (Å²) >= 11 is 3.37. The van der Waals surface area contributed by atoms with Crippen LogP contribution < -0.4 is 10.2 Å². The Morgan fingerprint density at radius 1 is 1.18 bits per heavy atom. The number of nitrogens with one attached hydrogen (secondary N) is 1. The Hall–Kier alpha value is -3.39. The van der Waals surface area contributed by atoms with Gasteiger partial charge in [0, 0.05) is 22.4 Å². The van der Waals surface area contributed by atoms with E-state index in [1.165, 1.54) is 24.8 Å². The maximum atomic E-state index is 12.5. The SMILES string of the molecule is Cc1ccccc1C(=O)Oc1ccc(Br)cc1C=NNC(=O)c1cnccn1. The molecular weight excluding hydrogens is 424 g/mol. The molecule has 0 aliphatic heterocycles. The number of esters is 1. The van der Waals surface area contributed by atoms with Gasteiger partial charge in [-0.25, -0.2) is 15.2 Å². The number of carbonyl (C=O) groups excluding carboxylic acids is 2. The maximum Gasteiger partial charge on any atom is 0.343 e. The minimum absolute atomic E-state index is 0.139. The average molecular weight is 439 g/mol. The standard InChI is InChI=1S/C20H15BrN4O3/c1-13-4-2-3-5-16(13)20(27)28-18-7-6-15(21)10-14(18)11-24-25-19(26)17-12-22-8-9-23-17/h2-12H,1H3,(H,25,26). The minimum Gasteiger partial charge on any atom is -0.422 e. The lowest BCUT2D eigenvalue weighted by Crippen LogP contribution is -2.19. The lowest BCUT2D eigenvalue weighted by atomic mass is 10.1. The Bertz CT molecular complexity index is 1040. The quantitative estimate of drug-likeness (QED) is 0.284. The zero-order valence-corrected chi connectivity index (χ0v) is 16.4. The molecule has 1 aromatic heterocycles. The number of halogens is 1. The third-order valence-electron chi connectivity index (χ3n) is 3.71. The predicted molar refractivity (Wildman–Crippen MR) is 107 cm³/mol. The normalized spacial score (nSPS) is 10.6. The third-order valence-corrected chi connectivity index (χ3v) is 4.20. The van der Waals surface area contributed by atoms with E-state index >= 15 is 0 Å². The number of hydrazone groups is 1. The fourth-order valence-electron chi connectivity index (χ4n) is 2.30. The number of ether oxygens (including phenoxy) is 1. The number of benzene rings is 2. The average Bonchev–Trinajstić information content (AvgIpc) is 2.70. The topological polar surface area (TPSA) is 93.5 Å². The molecule has 28 heavy (non-hydrogen) atoms. The molecule has 1 heterocycles. The lowest BCUT2D eigenvalue weighted by molar-refractivity contribution is 0.0733. The third kappa shape index (κ3) is 4.86. The van der Waals surface area contributed by atoms with Gasteiger partial charge in [0.1, 0.15) is 11.4 Å². The highest BCUT2D eigenvalue weighted by atomic mass is 79.9. The number of carbonyl (C=O) groups is 2. The van der Waals surface area contributed by atoms with Crippen LogP contribution in [0.3, 0.4) is 0 Å². The molecule has 0 radical (unpaired) electrons. The molecule has 140 valence electrons. The molecule has 8 heteroatoms. The van der Waals surface area contributed by atoms with Crippen molar-refractivity contribution in [1.29, 1.82) is 0 Å². The Balaban J connectivity index is 1.76. The summed E-state index contributed by atoms with van der Waals surface area (Å²) in [5.41, 5.74) is 4.30. The molecule has 7 nitrogen and oxygen atoms in total. The number of aromatic nitrogens is 2. The van der Waals surface area contributed by atoms with Crippen LogP contribution in [0.25, 0.3) is 0 Å². The molecule has 0 aliphatic carbocycles. The summed E-state index contributed by atoms with van der Waals surface area (Å²) in [6.07, 6.45) is 5.60. The van der Waals surface area contributed by atoms with Crippen LogP contribution in [0.5, 0.6) is 5.75 Å². The van der Waals surface area contributed by atoms with Gasteiger partial charge in [0.25, 0.3) is 5.91 Å². The number of hydrogen-bond acceptors (Lipinski definition) is 6. The summed E-state index contributed by atoms with van der Waals surface area (Å²) in [7, 11) is 0.